The van der Waals surface area contributed by atoms with Crippen LogP contribution in [0.4, 0.5) is 0 Å². The van der Waals surface area contributed by atoms with Gasteiger partial charge in [0.25, 0.3) is 5.91 Å². The summed E-state index contributed by atoms with van der Waals surface area (Å²) >= 11 is 1.37. The molecule has 2 aromatic heterocycles. The Morgan fingerprint density at radius 2 is 2.17 bits per heavy atom. The maximum absolute atomic E-state index is 12.8. The molecule has 1 amide bonds. The first-order valence-corrected chi connectivity index (χ1v) is 9.05. The van der Waals surface area contributed by atoms with Crippen LogP contribution < -0.4 is 0 Å². The Balaban J connectivity index is 1.71. The van der Waals surface area contributed by atoms with Crippen LogP contribution in [0.1, 0.15) is 28.2 Å². The maximum atomic E-state index is 12.8. The Hall–Kier alpha value is -1.86. The smallest absolute Gasteiger partial charge is 0.265 e. The van der Waals surface area contributed by atoms with Gasteiger partial charge in [-0.1, -0.05) is 0 Å². The van der Waals surface area contributed by atoms with Crippen molar-refractivity contribution in [1.82, 2.24) is 24.8 Å². The van der Waals surface area contributed by atoms with E-state index in [1.807, 2.05) is 18.9 Å². The fraction of sp³-hybridized carbons (Fsp3) is 0.529. The normalized spacial score (nSPS) is 18.5. The van der Waals surface area contributed by atoms with Crippen molar-refractivity contribution < 1.29 is 4.79 Å². The fourth-order valence-corrected chi connectivity index (χ4v) is 4.17. The lowest BCUT2D eigenvalue weighted by Crippen LogP contribution is -2.39. The van der Waals surface area contributed by atoms with Gasteiger partial charge in [0.2, 0.25) is 0 Å². The topological polar surface area (TPSA) is 62.2 Å². The van der Waals surface area contributed by atoms with Gasteiger partial charge in [0.1, 0.15) is 4.88 Å². The Morgan fingerprint density at radius 3 is 2.88 bits per heavy atom. The second-order valence-corrected chi connectivity index (χ2v) is 7.46. The zero-order valence-electron chi connectivity index (χ0n) is 14.4. The van der Waals surface area contributed by atoms with Crippen molar-refractivity contribution in [2.45, 2.75) is 19.8 Å². The monoisotopic (exact) mass is 345 g/mol. The average molecular weight is 345 g/mol. The number of carbonyl (C=O) groups excluding carboxylic acids is 1. The number of likely N-dealkylation sites (tertiary alicyclic amines) is 1. The molecule has 3 rings (SSSR count). The predicted octanol–water partition coefficient (Wildman–Crippen LogP) is 2.32. The molecular formula is C17H23N5OS. The van der Waals surface area contributed by atoms with Gasteiger partial charge >= 0.3 is 0 Å². The lowest BCUT2D eigenvalue weighted by atomic mass is 9.98. The molecular weight excluding hydrogens is 322 g/mol. The van der Waals surface area contributed by atoms with Crippen LogP contribution in [0, 0.1) is 12.8 Å². The number of aryl methyl sites for hydroxylation is 1. The number of rotatable bonds is 4. The SMILES string of the molecule is Cc1nc(-c2ncccn2)sc1C(=O)N(C)CC1CCCN(C)C1. The summed E-state index contributed by atoms with van der Waals surface area (Å²) in [6.07, 6.45) is 5.77. The predicted molar refractivity (Wildman–Crippen MR) is 95.1 cm³/mol. The molecule has 1 unspecified atom stereocenters. The molecule has 1 fully saturated rings. The van der Waals surface area contributed by atoms with E-state index < -0.39 is 0 Å². The molecule has 1 aliphatic heterocycles. The number of nitrogens with zero attached hydrogens (tertiary/aromatic N) is 5. The third kappa shape index (κ3) is 3.79. The largest absolute Gasteiger partial charge is 0.341 e. The molecule has 1 saturated heterocycles. The molecule has 0 saturated carbocycles. The van der Waals surface area contributed by atoms with Gasteiger partial charge < -0.3 is 9.80 Å². The van der Waals surface area contributed by atoms with E-state index in [0.29, 0.717) is 21.6 Å². The van der Waals surface area contributed by atoms with Crippen LogP contribution in [0.5, 0.6) is 0 Å². The summed E-state index contributed by atoms with van der Waals surface area (Å²) in [4.78, 5) is 30.6. The van der Waals surface area contributed by atoms with E-state index in [4.69, 9.17) is 0 Å². The van der Waals surface area contributed by atoms with E-state index in [1.165, 1.54) is 24.2 Å². The van der Waals surface area contributed by atoms with Crippen LogP contribution in [0.15, 0.2) is 18.5 Å². The van der Waals surface area contributed by atoms with Crippen molar-refractivity contribution in [3.8, 4) is 10.8 Å². The van der Waals surface area contributed by atoms with E-state index in [-0.39, 0.29) is 5.91 Å². The van der Waals surface area contributed by atoms with Crippen LogP contribution in [-0.2, 0) is 0 Å². The highest BCUT2D eigenvalue weighted by atomic mass is 32.1. The molecule has 1 aliphatic rings. The quantitative estimate of drug-likeness (QED) is 0.851. The Kier molecular flexibility index (Phi) is 5.20. The van der Waals surface area contributed by atoms with E-state index in [2.05, 4.69) is 26.9 Å². The maximum Gasteiger partial charge on any atom is 0.265 e. The second kappa shape index (κ2) is 7.36. The summed E-state index contributed by atoms with van der Waals surface area (Å²) < 4.78 is 0. The van der Waals surface area contributed by atoms with Gasteiger partial charge in [0.05, 0.1) is 5.69 Å². The second-order valence-electron chi connectivity index (χ2n) is 6.46. The van der Waals surface area contributed by atoms with Gasteiger partial charge in [0, 0.05) is 32.5 Å². The highest BCUT2D eigenvalue weighted by Gasteiger charge is 2.24. The molecule has 0 aromatic carbocycles. The molecule has 3 heterocycles. The third-order valence-electron chi connectivity index (χ3n) is 4.35. The molecule has 7 heteroatoms. The molecule has 0 aliphatic carbocycles. The Morgan fingerprint density at radius 1 is 1.42 bits per heavy atom. The number of carbonyl (C=O) groups is 1. The summed E-state index contributed by atoms with van der Waals surface area (Å²) in [6.45, 7) is 4.88. The molecule has 2 aromatic rings. The number of piperidine rings is 1. The average Bonchev–Trinajstić information content (AvgIpc) is 2.97. The van der Waals surface area contributed by atoms with Crippen LogP contribution in [0.3, 0.4) is 0 Å². The van der Waals surface area contributed by atoms with Crippen LogP contribution in [0.2, 0.25) is 0 Å². The van der Waals surface area contributed by atoms with E-state index in [9.17, 15) is 4.79 Å². The fourth-order valence-electron chi connectivity index (χ4n) is 3.17. The molecule has 0 radical (unpaired) electrons. The van der Waals surface area contributed by atoms with Crippen molar-refractivity contribution in [3.05, 3.63) is 29.0 Å². The molecule has 1 atom stereocenters. The van der Waals surface area contributed by atoms with Crippen molar-refractivity contribution in [2.75, 3.05) is 33.7 Å². The number of aromatic nitrogens is 3. The molecule has 24 heavy (non-hydrogen) atoms. The van der Waals surface area contributed by atoms with Gasteiger partial charge in [-0.05, 0) is 45.3 Å². The standard InChI is InChI=1S/C17H23N5OS/c1-12-14(24-16(20-12)15-18-7-5-8-19-15)17(23)22(3)11-13-6-4-9-21(2)10-13/h5,7-8,13H,4,6,9-11H2,1-3H3. The molecule has 0 bridgehead atoms. The minimum Gasteiger partial charge on any atom is -0.341 e. The summed E-state index contributed by atoms with van der Waals surface area (Å²) in [5, 5.41) is 0.697. The van der Waals surface area contributed by atoms with Crippen LogP contribution in [0.25, 0.3) is 10.8 Å². The number of hydrogen-bond acceptors (Lipinski definition) is 6. The summed E-state index contributed by atoms with van der Waals surface area (Å²) in [5.74, 6) is 1.16. The number of thiazole rings is 1. The Labute approximate surface area is 146 Å². The van der Waals surface area contributed by atoms with Gasteiger partial charge in [-0.15, -0.1) is 11.3 Å². The van der Waals surface area contributed by atoms with Crippen LogP contribution >= 0.6 is 11.3 Å². The lowest BCUT2D eigenvalue weighted by Gasteiger charge is -2.32. The summed E-state index contributed by atoms with van der Waals surface area (Å²) in [7, 11) is 4.03. The minimum atomic E-state index is 0.0420. The summed E-state index contributed by atoms with van der Waals surface area (Å²) in [5.41, 5.74) is 0.750. The number of amides is 1. The minimum absolute atomic E-state index is 0.0420. The van der Waals surface area contributed by atoms with Gasteiger partial charge in [-0.2, -0.15) is 0 Å². The zero-order valence-corrected chi connectivity index (χ0v) is 15.2. The molecule has 0 spiro atoms. The molecule has 6 nitrogen and oxygen atoms in total. The Bertz CT molecular complexity index is 702. The van der Waals surface area contributed by atoms with E-state index in [1.54, 1.807) is 18.5 Å². The van der Waals surface area contributed by atoms with E-state index in [0.717, 1.165) is 25.3 Å². The first-order chi connectivity index (χ1) is 11.5. The van der Waals surface area contributed by atoms with Crippen molar-refractivity contribution in [1.29, 1.82) is 0 Å². The first-order valence-electron chi connectivity index (χ1n) is 8.23. The van der Waals surface area contributed by atoms with E-state index >= 15 is 0 Å². The summed E-state index contributed by atoms with van der Waals surface area (Å²) in [6, 6.07) is 1.77. The van der Waals surface area contributed by atoms with Gasteiger partial charge in [-0.25, -0.2) is 15.0 Å². The lowest BCUT2D eigenvalue weighted by molar-refractivity contribution is 0.0744. The van der Waals surface area contributed by atoms with Gasteiger partial charge in [0.15, 0.2) is 10.8 Å². The molecule has 0 N–H and O–H groups in total. The highest BCUT2D eigenvalue weighted by molar-refractivity contribution is 7.17. The van der Waals surface area contributed by atoms with Crippen molar-refractivity contribution in [2.24, 2.45) is 5.92 Å². The van der Waals surface area contributed by atoms with Crippen LogP contribution in [-0.4, -0.2) is 64.4 Å². The van der Waals surface area contributed by atoms with Gasteiger partial charge in [-0.3, -0.25) is 4.79 Å². The van der Waals surface area contributed by atoms with Crippen molar-refractivity contribution >= 4 is 17.2 Å². The van der Waals surface area contributed by atoms with Crippen molar-refractivity contribution in [3.63, 3.8) is 0 Å². The first kappa shape index (κ1) is 17.0. The third-order valence-corrected chi connectivity index (χ3v) is 5.49. The molecule has 128 valence electrons. The highest BCUT2D eigenvalue weighted by Crippen LogP contribution is 2.26. The zero-order chi connectivity index (χ0) is 17.1. The number of hydrogen-bond donors (Lipinski definition) is 0.